The van der Waals surface area contributed by atoms with Crippen LogP contribution in [0.3, 0.4) is 0 Å². The van der Waals surface area contributed by atoms with E-state index in [-0.39, 0.29) is 23.4 Å². The summed E-state index contributed by atoms with van der Waals surface area (Å²) in [6, 6.07) is 8.35. The normalized spacial score (nSPS) is 15.4. The van der Waals surface area contributed by atoms with Gasteiger partial charge in [0.25, 0.3) is 5.91 Å². The number of aryl methyl sites for hydroxylation is 1. The van der Waals surface area contributed by atoms with Crippen LogP contribution >= 0.6 is 0 Å². The number of benzene rings is 1. The maximum Gasteiger partial charge on any atom is 0.251 e. The zero-order valence-electron chi connectivity index (χ0n) is 15.4. The van der Waals surface area contributed by atoms with Gasteiger partial charge in [-0.2, -0.15) is 0 Å². The highest BCUT2D eigenvalue weighted by atomic mass is 32.2. The van der Waals surface area contributed by atoms with E-state index in [4.69, 9.17) is 0 Å². The molecule has 0 unspecified atom stereocenters. The maximum absolute atomic E-state index is 12.7. The van der Waals surface area contributed by atoms with E-state index in [2.05, 4.69) is 15.0 Å². The summed E-state index contributed by atoms with van der Waals surface area (Å²) in [6.45, 7) is 1.99. The van der Waals surface area contributed by atoms with Crippen LogP contribution in [-0.2, 0) is 16.6 Å². The number of carbonyl (C=O) groups excluding carboxylic acids is 1. The molecule has 0 saturated heterocycles. The monoisotopic (exact) mass is 387 g/mol. The Hall–Kier alpha value is -2.25. The molecule has 6 nitrogen and oxygen atoms in total. The lowest BCUT2D eigenvalue weighted by Crippen LogP contribution is -2.36. The zero-order chi connectivity index (χ0) is 19.3. The number of sulfonamides is 1. The molecule has 1 fully saturated rings. The molecule has 0 bridgehead atoms. The molecule has 3 rings (SSSR count). The third kappa shape index (κ3) is 5.14. The molecule has 144 valence electrons. The van der Waals surface area contributed by atoms with Gasteiger partial charge in [-0.05, 0) is 55.2 Å². The maximum atomic E-state index is 12.7. The highest BCUT2D eigenvalue weighted by molar-refractivity contribution is 7.89. The molecule has 0 aliphatic heterocycles. The molecule has 1 aromatic carbocycles. The van der Waals surface area contributed by atoms with Crippen molar-refractivity contribution in [2.24, 2.45) is 0 Å². The average Bonchev–Trinajstić information content (AvgIpc) is 2.68. The molecule has 1 heterocycles. The van der Waals surface area contributed by atoms with Crippen LogP contribution in [0.2, 0.25) is 0 Å². The van der Waals surface area contributed by atoms with Gasteiger partial charge < -0.3 is 5.32 Å². The fraction of sp³-hybridized carbons (Fsp3) is 0.400. The number of aromatic nitrogens is 1. The molecule has 1 saturated carbocycles. The van der Waals surface area contributed by atoms with Crippen LogP contribution < -0.4 is 10.0 Å². The predicted octanol–water partition coefficient (Wildman–Crippen LogP) is 2.93. The molecule has 2 N–H and O–H groups in total. The topological polar surface area (TPSA) is 88.2 Å². The molecule has 1 amide bonds. The van der Waals surface area contributed by atoms with Gasteiger partial charge in [0.1, 0.15) is 0 Å². The van der Waals surface area contributed by atoms with E-state index in [0.717, 1.165) is 36.8 Å². The van der Waals surface area contributed by atoms with Crippen LogP contribution in [0.5, 0.6) is 0 Å². The fourth-order valence-corrected chi connectivity index (χ4v) is 4.33. The summed E-state index contributed by atoms with van der Waals surface area (Å²) in [5, 5.41) is 3.05. The Morgan fingerprint density at radius 2 is 1.81 bits per heavy atom. The lowest BCUT2D eigenvalue weighted by atomic mass is 9.95. The van der Waals surface area contributed by atoms with Crippen LogP contribution in [0, 0.1) is 6.92 Å². The molecule has 0 atom stereocenters. The summed E-state index contributed by atoms with van der Waals surface area (Å²) in [7, 11) is -3.71. The van der Waals surface area contributed by atoms with E-state index in [1.54, 1.807) is 30.6 Å². The van der Waals surface area contributed by atoms with Crippen molar-refractivity contribution in [3.63, 3.8) is 0 Å². The molecular formula is C20H25N3O3S. The van der Waals surface area contributed by atoms with Gasteiger partial charge >= 0.3 is 0 Å². The van der Waals surface area contributed by atoms with Gasteiger partial charge in [-0.1, -0.05) is 25.3 Å². The number of carbonyl (C=O) groups is 1. The van der Waals surface area contributed by atoms with Gasteiger partial charge in [-0.25, -0.2) is 13.1 Å². The quantitative estimate of drug-likeness (QED) is 0.798. The highest BCUT2D eigenvalue weighted by Crippen LogP contribution is 2.20. The minimum Gasteiger partial charge on any atom is -0.349 e. The first-order valence-electron chi connectivity index (χ1n) is 9.26. The van der Waals surface area contributed by atoms with Crippen molar-refractivity contribution in [3.8, 4) is 0 Å². The zero-order valence-corrected chi connectivity index (χ0v) is 16.3. The SMILES string of the molecule is Cc1ccc(S(=O)(=O)NCc2ccncc2)cc1C(=O)NC1CCCCC1. The number of hydrogen-bond donors (Lipinski definition) is 2. The molecule has 1 aliphatic rings. The Labute approximate surface area is 160 Å². The molecule has 1 aromatic heterocycles. The highest BCUT2D eigenvalue weighted by Gasteiger charge is 2.21. The van der Waals surface area contributed by atoms with Crippen molar-refractivity contribution in [1.29, 1.82) is 0 Å². The second kappa shape index (κ2) is 8.63. The van der Waals surface area contributed by atoms with Crippen LogP contribution in [-0.4, -0.2) is 25.4 Å². The van der Waals surface area contributed by atoms with Gasteiger partial charge in [-0.3, -0.25) is 9.78 Å². The van der Waals surface area contributed by atoms with Crippen LogP contribution in [0.15, 0.2) is 47.6 Å². The Balaban J connectivity index is 1.74. The van der Waals surface area contributed by atoms with E-state index in [9.17, 15) is 13.2 Å². The van der Waals surface area contributed by atoms with Crippen molar-refractivity contribution in [1.82, 2.24) is 15.0 Å². The van der Waals surface area contributed by atoms with Gasteiger partial charge in [-0.15, -0.1) is 0 Å². The minimum atomic E-state index is -3.71. The smallest absolute Gasteiger partial charge is 0.251 e. The first-order valence-corrected chi connectivity index (χ1v) is 10.7. The summed E-state index contributed by atoms with van der Waals surface area (Å²) in [4.78, 5) is 16.7. The second-order valence-electron chi connectivity index (χ2n) is 6.97. The molecule has 7 heteroatoms. The Kier molecular flexibility index (Phi) is 6.23. The summed E-state index contributed by atoms with van der Waals surface area (Å²) in [6.07, 6.45) is 8.65. The van der Waals surface area contributed by atoms with E-state index in [1.807, 2.05) is 6.92 Å². The van der Waals surface area contributed by atoms with Crippen LogP contribution in [0.1, 0.15) is 53.6 Å². The summed E-state index contributed by atoms with van der Waals surface area (Å²) in [5.41, 5.74) is 1.99. The average molecular weight is 388 g/mol. The number of amides is 1. The number of rotatable bonds is 6. The second-order valence-corrected chi connectivity index (χ2v) is 8.73. The number of nitrogens with one attached hydrogen (secondary N) is 2. The van der Waals surface area contributed by atoms with E-state index >= 15 is 0 Å². The van der Waals surface area contributed by atoms with Gasteiger partial charge in [0.05, 0.1) is 4.90 Å². The fourth-order valence-electron chi connectivity index (χ4n) is 3.29. The largest absolute Gasteiger partial charge is 0.349 e. The lowest BCUT2D eigenvalue weighted by Gasteiger charge is -2.23. The Morgan fingerprint density at radius 3 is 2.52 bits per heavy atom. The third-order valence-electron chi connectivity index (χ3n) is 4.92. The molecule has 27 heavy (non-hydrogen) atoms. The van der Waals surface area contributed by atoms with Crippen LogP contribution in [0.4, 0.5) is 0 Å². The summed E-state index contributed by atoms with van der Waals surface area (Å²) >= 11 is 0. The van der Waals surface area contributed by atoms with Gasteiger partial charge in [0.2, 0.25) is 10.0 Å². The molecule has 0 spiro atoms. The first-order chi connectivity index (χ1) is 13.0. The van der Waals surface area contributed by atoms with E-state index in [1.165, 1.54) is 18.6 Å². The third-order valence-corrected chi connectivity index (χ3v) is 6.32. The predicted molar refractivity (Wildman–Crippen MR) is 104 cm³/mol. The minimum absolute atomic E-state index is 0.0935. The molecular weight excluding hydrogens is 362 g/mol. The molecule has 2 aromatic rings. The summed E-state index contributed by atoms with van der Waals surface area (Å²) < 4.78 is 27.8. The summed E-state index contributed by atoms with van der Waals surface area (Å²) in [5.74, 6) is -0.203. The van der Waals surface area contributed by atoms with E-state index < -0.39 is 10.0 Å². The number of hydrogen-bond acceptors (Lipinski definition) is 4. The molecule has 1 aliphatic carbocycles. The lowest BCUT2D eigenvalue weighted by molar-refractivity contribution is 0.0927. The number of pyridine rings is 1. The van der Waals surface area contributed by atoms with Crippen molar-refractivity contribution in [3.05, 3.63) is 59.4 Å². The van der Waals surface area contributed by atoms with Gasteiger partial charge in [0.15, 0.2) is 0 Å². The van der Waals surface area contributed by atoms with Gasteiger partial charge in [0, 0.05) is 30.5 Å². The van der Waals surface area contributed by atoms with Crippen molar-refractivity contribution in [2.75, 3.05) is 0 Å². The van der Waals surface area contributed by atoms with Crippen molar-refractivity contribution < 1.29 is 13.2 Å². The first kappa shape index (κ1) is 19.5. The Morgan fingerprint density at radius 1 is 1.11 bits per heavy atom. The van der Waals surface area contributed by atoms with Crippen molar-refractivity contribution >= 4 is 15.9 Å². The Bertz CT molecular complexity index is 892. The standard InChI is InChI=1S/C20H25N3O3S/c1-15-7-8-18(27(25,26)22-14-16-9-11-21-12-10-16)13-19(15)20(24)23-17-5-3-2-4-6-17/h7-13,17,22H,2-6,14H2,1H3,(H,23,24). The molecule has 0 radical (unpaired) electrons. The number of nitrogens with zero attached hydrogens (tertiary/aromatic N) is 1. The van der Waals surface area contributed by atoms with E-state index in [0.29, 0.717) is 5.56 Å². The van der Waals surface area contributed by atoms with Crippen LogP contribution in [0.25, 0.3) is 0 Å². The van der Waals surface area contributed by atoms with Crippen molar-refractivity contribution in [2.45, 2.75) is 56.5 Å².